The summed E-state index contributed by atoms with van der Waals surface area (Å²) >= 11 is 0. The Balaban J connectivity index is 2.52. The molecule has 1 saturated carbocycles. The van der Waals surface area contributed by atoms with Crippen molar-refractivity contribution in [3.63, 3.8) is 0 Å². The van der Waals surface area contributed by atoms with Crippen LogP contribution < -0.4 is 5.73 Å². The van der Waals surface area contributed by atoms with Crippen molar-refractivity contribution in [2.24, 2.45) is 17.1 Å². The fourth-order valence-corrected chi connectivity index (χ4v) is 2.72. The van der Waals surface area contributed by atoms with Crippen LogP contribution in [0.5, 0.6) is 0 Å². The van der Waals surface area contributed by atoms with Crippen LogP contribution in [0.2, 0.25) is 0 Å². The van der Waals surface area contributed by atoms with Crippen LogP contribution in [0.1, 0.15) is 46.5 Å². The SMILES string of the molecule is CCN(CC)CC1(CN)CCC(C)CC1. The maximum Gasteiger partial charge on any atom is 0.00498 e. The fraction of sp³-hybridized carbons (Fsp3) is 1.00. The van der Waals surface area contributed by atoms with Crippen LogP contribution in [0, 0.1) is 11.3 Å². The van der Waals surface area contributed by atoms with E-state index >= 15 is 0 Å². The fourth-order valence-electron chi connectivity index (χ4n) is 2.72. The highest BCUT2D eigenvalue weighted by Crippen LogP contribution is 2.38. The molecule has 0 aromatic rings. The Morgan fingerprint density at radius 1 is 1.20 bits per heavy atom. The van der Waals surface area contributed by atoms with Crippen molar-refractivity contribution >= 4 is 0 Å². The molecule has 1 rings (SSSR count). The van der Waals surface area contributed by atoms with Gasteiger partial charge < -0.3 is 10.6 Å². The highest BCUT2D eigenvalue weighted by Gasteiger charge is 2.33. The van der Waals surface area contributed by atoms with E-state index in [1.807, 2.05) is 0 Å². The first kappa shape index (κ1) is 13.0. The van der Waals surface area contributed by atoms with Crippen molar-refractivity contribution in [3.05, 3.63) is 0 Å². The van der Waals surface area contributed by atoms with E-state index < -0.39 is 0 Å². The minimum absolute atomic E-state index is 0.429. The van der Waals surface area contributed by atoms with Gasteiger partial charge in [-0.3, -0.25) is 0 Å². The molecule has 2 heteroatoms. The van der Waals surface area contributed by atoms with Crippen LogP contribution in [0.25, 0.3) is 0 Å². The number of nitrogens with two attached hydrogens (primary N) is 1. The van der Waals surface area contributed by atoms with E-state index in [4.69, 9.17) is 5.73 Å². The highest BCUT2D eigenvalue weighted by molar-refractivity contribution is 4.88. The second kappa shape index (κ2) is 5.86. The van der Waals surface area contributed by atoms with Gasteiger partial charge in [-0.2, -0.15) is 0 Å². The minimum atomic E-state index is 0.429. The standard InChI is InChI=1S/C13H28N2/c1-4-15(5-2)11-13(10-14)8-6-12(3)7-9-13/h12H,4-11,14H2,1-3H3. The van der Waals surface area contributed by atoms with E-state index in [0.29, 0.717) is 5.41 Å². The van der Waals surface area contributed by atoms with Gasteiger partial charge in [0.15, 0.2) is 0 Å². The van der Waals surface area contributed by atoms with Crippen molar-refractivity contribution in [2.75, 3.05) is 26.2 Å². The van der Waals surface area contributed by atoms with E-state index in [1.165, 1.54) is 32.2 Å². The van der Waals surface area contributed by atoms with Crippen LogP contribution in [0.4, 0.5) is 0 Å². The first-order valence-corrected chi connectivity index (χ1v) is 6.58. The van der Waals surface area contributed by atoms with Gasteiger partial charge in [0.1, 0.15) is 0 Å². The van der Waals surface area contributed by atoms with Gasteiger partial charge in [-0.15, -0.1) is 0 Å². The summed E-state index contributed by atoms with van der Waals surface area (Å²) in [7, 11) is 0. The summed E-state index contributed by atoms with van der Waals surface area (Å²) in [6.07, 6.45) is 5.42. The molecule has 0 aromatic heterocycles. The Labute approximate surface area is 95.2 Å². The van der Waals surface area contributed by atoms with Gasteiger partial charge >= 0.3 is 0 Å². The molecule has 15 heavy (non-hydrogen) atoms. The van der Waals surface area contributed by atoms with Crippen molar-refractivity contribution in [1.29, 1.82) is 0 Å². The molecule has 1 fully saturated rings. The molecule has 2 nitrogen and oxygen atoms in total. The summed E-state index contributed by atoms with van der Waals surface area (Å²) in [6, 6.07) is 0. The van der Waals surface area contributed by atoms with Gasteiger partial charge in [0.2, 0.25) is 0 Å². The molecular weight excluding hydrogens is 184 g/mol. The average Bonchev–Trinajstić information content (AvgIpc) is 2.29. The Kier molecular flexibility index (Phi) is 5.07. The summed E-state index contributed by atoms with van der Waals surface area (Å²) in [5.74, 6) is 0.918. The maximum absolute atomic E-state index is 6.01. The quantitative estimate of drug-likeness (QED) is 0.758. The predicted molar refractivity (Wildman–Crippen MR) is 66.9 cm³/mol. The van der Waals surface area contributed by atoms with Crippen LogP contribution in [0.3, 0.4) is 0 Å². The molecule has 0 aliphatic heterocycles. The normalized spacial score (nSPS) is 32.2. The predicted octanol–water partition coefficient (Wildman–Crippen LogP) is 2.48. The Morgan fingerprint density at radius 3 is 2.13 bits per heavy atom. The number of hydrogen-bond acceptors (Lipinski definition) is 2. The molecule has 0 heterocycles. The van der Waals surface area contributed by atoms with Crippen LogP contribution >= 0.6 is 0 Å². The second-order valence-corrected chi connectivity index (χ2v) is 5.35. The van der Waals surface area contributed by atoms with Crippen LogP contribution in [0.15, 0.2) is 0 Å². The molecule has 0 aromatic carbocycles. The average molecular weight is 212 g/mol. The topological polar surface area (TPSA) is 29.3 Å². The number of hydrogen-bond donors (Lipinski definition) is 1. The van der Waals surface area contributed by atoms with Crippen LogP contribution in [-0.4, -0.2) is 31.1 Å². The zero-order chi connectivity index (χ0) is 11.3. The van der Waals surface area contributed by atoms with E-state index in [2.05, 4.69) is 25.7 Å². The molecule has 1 aliphatic carbocycles. The lowest BCUT2D eigenvalue weighted by Crippen LogP contribution is -2.44. The van der Waals surface area contributed by atoms with Crippen molar-refractivity contribution in [1.82, 2.24) is 4.90 Å². The summed E-state index contributed by atoms with van der Waals surface area (Å²) in [6.45, 7) is 11.3. The first-order valence-electron chi connectivity index (χ1n) is 6.58. The molecular formula is C13H28N2. The molecule has 0 spiro atoms. The largest absolute Gasteiger partial charge is 0.330 e. The van der Waals surface area contributed by atoms with Gasteiger partial charge in [0, 0.05) is 6.54 Å². The third-order valence-electron chi connectivity index (χ3n) is 4.22. The summed E-state index contributed by atoms with van der Waals surface area (Å²) in [5, 5.41) is 0. The second-order valence-electron chi connectivity index (χ2n) is 5.35. The minimum Gasteiger partial charge on any atom is -0.330 e. The third kappa shape index (κ3) is 3.46. The van der Waals surface area contributed by atoms with Gasteiger partial charge in [-0.1, -0.05) is 33.6 Å². The lowest BCUT2D eigenvalue weighted by molar-refractivity contribution is 0.100. The van der Waals surface area contributed by atoms with Gasteiger partial charge in [-0.25, -0.2) is 0 Å². The molecule has 1 aliphatic rings. The lowest BCUT2D eigenvalue weighted by Gasteiger charge is -2.41. The summed E-state index contributed by atoms with van der Waals surface area (Å²) in [4.78, 5) is 2.53. The molecule has 0 radical (unpaired) electrons. The zero-order valence-corrected chi connectivity index (χ0v) is 10.8. The van der Waals surface area contributed by atoms with Gasteiger partial charge in [0.05, 0.1) is 0 Å². The molecule has 0 amide bonds. The Bertz CT molecular complexity index is 167. The Morgan fingerprint density at radius 2 is 1.73 bits per heavy atom. The molecule has 0 atom stereocenters. The number of nitrogens with zero attached hydrogens (tertiary/aromatic N) is 1. The van der Waals surface area contributed by atoms with Crippen molar-refractivity contribution < 1.29 is 0 Å². The molecule has 2 N–H and O–H groups in total. The van der Waals surface area contributed by atoms with Crippen LogP contribution in [-0.2, 0) is 0 Å². The molecule has 0 bridgehead atoms. The van der Waals surface area contributed by atoms with Crippen molar-refractivity contribution in [3.8, 4) is 0 Å². The maximum atomic E-state index is 6.01. The third-order valence-corrected chi connectivity index (χ3v) is 4.22. The van der Waals surface area contributed by atoms with Gasteiger partial charge in [0.25, 0.3) is 0 Å². The summed E-state index contributed by atoms with van der Waals surface area (Å²) < 4.78 is 0. The molecule has 0 unspecified atom stereocenters. The van der Waals surface area contributed by atoms with E-state index in [9.17, 15) is 0 Å². The summed E-state index contributed by atoms with van der Waals surface area (Å²) in [5.41, 5.74) is 6.44. The Hall–Kier alpha value is -0.0800. The van der Waals surface area contributed by atoms with E-state index in [0.717, 1.165) is 25.6 Å². The van der Waals surface area contributed by atoms with E-state index in [-0.39, 0.29) is 0 Å². The van der Waals surface area contributed by atoms with Crippen molar-refractivity contribution in [2.45, 2.75) is 46.5 Å². The smallest absolute Gasteiger partial charge is 0.00498 e. The monoisotopic (exact) mass is 212 g/mol. The van der Waals surface area contributed by atoms with Gasteiger partial charge in [-0.05, 0) is 43.8 Å². The lowest BCUT2D eigenvalue weighted by atomic mass is 9.70. The highest BCUT2D eigenvalue weighted by atomic mass is 15.1. The zero-order valence-electron chi connectivity index (χ0n) is 10.8. The number of rotatable bonds is 5. The van der Waals surface area contributed by atoms with E-state index in [1.54, 1.807) is 0 Å². The first-order chi connectivity index (χ1) is 7.15. The molecule has 0 saturated heterocycles. The molecule has 90 valence electrons.